The van der Waals surface area contributed by atoms with Crippen LogP contribution in [0.25, 0.3) is 0 Å². The molecule has 1 aliphatic carbocycles. The molecule has 0 saturated carbocycles. The highest BCUT2D eigenvalue weighted by Crippen LogP contribution is 2.32. The molecule has 0 fully saturated rings. The highest BCUT2D eigenvalue weighted by Gasteiger charge is 2.21. The van der Waals surface area contributed by atoms with E-state index in [-0.39, 0.29) is 0 Å². The lowest BCUT2D eigenvalue weighted by Crippen LogP contribution is -2.33. The molecular formula is C16H24N2O2. The van der Waals surface area contributed by atoms with Crippen LogP contribution in [0.3, 0.4) is 0 Å². The maximum Gasteiger partial charge on any atom is 0.258 e. The minimum absolute atomic E-state index is 0.390. The number of amides is 1. The molecule has 3 N–H and O–H groups in total. The minimum Gasteiger partial charge on any atom is -0.481 e. The first-order valence-corrected chi connectivity index (χ1v) is 7.47. The Hall–Kier alpha value is -1.55. The number of ether oxygens (including phenoxy) is 1. The SMILES string of the molecule is CCNC1CCCc2ccc(OC(CC)C(N)=O)cc21. The van der Waals surface area contributed by atoms with Crippen LogP contribution in [0.2, 0.25) is 0 Å². The molecular weight excluding hydrogens is 252 g/mol. The number of primary amides is 1. The molecule has 4 heteroatoms. The number of hydrogen-bond donors (Lipinski definition) is 2. The van der Waals surface area contributed by atoms with Crippen LogP contribution in [0.1, 0.15) is 50.3 Å². The summed E-state index contributed by atoms with van der Waals surface area (Å²) in [6, 6.07) is 6.51. The molecule has 0 aliphatic heterocycles. The summed E-state index contributed by atoms with van der Waals surface area (Å²) in [5.41, 5.74) is 8.01. The summed E-state index contributed by atoms with van der Waals surface area (Å²) in [5.74, 6) is 0.327. The quantitative estimate of drug-likeness (QED) is 0.838. The molecule has 1 amide bonds. The van der Waals surface area contributed by atoms with E-state index in [1.807, 2.05) is 13.0 Å². The molecule has 110 valence electrons. The monoisotopic (exact) mass is 276 g/mol. The zero-order chi connectivity index (χ0) is 14.5. The Balaban J connectivity index is 2.20. The van der Waals surface area contributed by atoms with E-state index < -0.39 is 12.0 Å². The van der Waals surface area contributed by atoms with E-state index >= 15 is 0 Å². The maximum absolute atomic E-state index is 11.3. The van der Waals surface area contributed by atoms with Crippen molar-refractivity contribution in [1.29, 1.82) is 0 Å². The van der Waals surface area contributed by atoms with E-state index in [1.165, 1.54) is 17.5 Å². The van der Waals surface area contributed by atoms with Gasteiger partial charge in [0.25, 0.3) is 5.91 Å². The molecule has 0 aromatic heterocycles. The second kappa shape index (κ2) is 6.75. The largest absolute Gasteiger partial charge is 0.481 e. The number of hydrogen-bond acceptors (Lipinski definition) is 3. The average Bonchev–Trinajstić information content (AvgIpc) is 2.45. The van der Waals surface area contributed by atoms with Gasteiger partial charge in [0.15, 0.2) is 6.10 Å². The Bertz CT molecular complexity index is 474. The Labute approximate surface area is 120 Å². The molecule has 0 spiro atoms. The molecule has 2 atom stereocenters. The molecule has 2 unspecified atom stereocenters. The van der Waals surface area contributed by atoms with E-state index in [0.717, 1.165) is 25.1 Å². The zero-order valence-electron chi connectivity index (χ0n) is 12.3. The van der Waals surface area contributed by atoms with Gasteiger partial charge < -0.3 is 15.8 Å². The van der Waals surface area contributed by atoms with Crippen LogP contribution < -0.4 is 15.8 Å². The number of rotatable bonds is 6. The fourth-order valence-electron chi connectivity index (χ4n) is 2.82. The van der Waals surface area contributed by atoms with Crippen molar-refractivity contribution in [3.63, 3.8) is 0 Å². The Morgan fingerprint density at radius 1 is 1.50 bits per heavy atom. The third-order valence-electron chi connectivity index (χ3n) is 3.85. The Morgan fingerprint density at radius 2 is 2.30 bits per heavy atom. The van der Waals surface area contributed by atoms with Crippen molar-refractivity contribution in [2.75, 3.05) is 6.54 Å². The van der Waals surface area contributed by atoms with Gasteiger partial charge in [-0.15, -0.1) is 0 Å². The number of carbonyl (C=O) groups excluding carboxylic acids is 1. The van der Waals surface area contributed by atoms with Gasteiger partial charge in [-0.05, 0) is 55.5 Å². The molecule has 0 bridgehead atoms. The van der Waals surface area contributed by atoms with Crippen molar-refractivity contribution in [3.8, 4) is 5.75 Å². The number of benzene rings is 1. The summed E-state index contributed by atoms with van der Waals surface area (Å²) >= 11 is 0. The van der Waals surface area contributed by atoms with Crippen LogP contribution in [0.5, 0.6) is 5.75 Å². The smallest absolute Gasteiger partial charge is 0.258 e. The van der Waals surface area contributed by atoms with E-state index in [1.54, 1.807) is 0 Å². The summed E-state index contributed by atoms with van der Waals surface area (Å²) in [7, 11) is 0. The van der Waals surface area contributed by atoms with Crippen molar-refractivity contribution in [3.05, 3.63) is 29.3 Å². The third kappa shape index (κ3) is 3.31. The Kier molecular flexibility index (Phi) is 5.01. The summed E-state index contributed by atoms with van der Waals surface area (Å²) < 4.78 is 5.72. The first-order chi connectivity index (χ1) is 9.65. The lowest BCUT2D eigenvalue weighted by molar-refractivity contribution is -0.124. The van der Waals surface area contributed by atoms with Gasteiger partial charge in [-0.2, -0.15) is 0 Å². The molecule has 0 radical (unpaired) electrons. The summed E-state index contributed by atoms with van der Waals surface area (Å²) in [5, 5.41) is 3.51. The highest BCUT2D eigenvalue weighted by atomic mass is 16.5. The molecule has 2 rings (SSSR count). The van der Waals surface area contributed by atoms with Crippen LogP contribution in [-0.2, 0) is 11.2 Å². The van der Waals surface area contributed by atoms with Crippen molar-refractivity contribution in [1.82, 2.24) is 5.32 Å². The van der Waals surface area contributed by atoms with Crippen LogP contribution >= 0.6 is 0 Å². The van der Waals surface area contributed by atoms with E-state index in [2.05, 4.69) is 24.4 Å². The van der Waals surface area contributed by atoms with E-state index in [0.29, 0.717) is 12.5 Å². The molecule has 1 aliphatic rings. The molecule has 1 aromatic rings. The van der Waals surface area contributed by atoms with Crippen LogP contribution in [-0.4, -0.2) is 18.6 Å². The highest BCUT2D eigenvalue weighted by molar-refractivity contribution is 5.79. The third-order valence-corrected chi connectivity index (χ3v) is 3.85. The number of fused-ring (bicyclic) bond motifs is 1. The van der Waals surface area contributed by atoms with Gasteiger partial charge in [0, 0.05) is 6.04 Å². The summed E-state index contributed by atoms with van der Waals surface area (Å²) in [6.07, 6.45) is 3.52. The van der Waals surface area contributed by atoms with Gasteiger partial charge in [0.2, 0.25) is 0 Å². The predicted molar refractivity (Wildman–Crippen MR) is 79.7 cm³/mol. The van der Waals surface area contributed by atoms with Crippen LogP contribution in [0.15, 0.2) is 18.2 Å². The second-order valence-corrected chi connectivity index (χ2v) is 5.28. The number of aryl methyl sites for hydroxylation is 1. The fourth-order valence-corrected chi connectivity index (χ4v) is 2.82. The minimum atomic E-state index is -0.547. The molecule has 0 heterocycles. The fraction of sp³-hybridized carbons (Fsp3) is 0.562. The van der Waals surface area contributed by atoms with Crippen molar-refractivity contribution in [2.45, 2.75) is 51.7 Å². The van der Waals surface area contributed by atoms with Gasteiger partial charge in [-0.25, -0.2) is 0 Å². The second-order valence-electron chi connectivity index (χ2n) is 5.28. The van der Waals surface area contributed by atoms with Gasteiger partial charge in [0.1, 0.15) is 5.75 Å². The lowest BCUT2D eigenvalue weighted by atomic mass is 9.87. The maximum atomic E-state index is 11.3. The van der Waals surface area contributed by atoms with Gasteiger partial charge in [0.05, 0.1) is 0 Å². The topological polar surface area (TPSA) is 64.3 Å². The molecule has 20 heavy (non-hydrogen) atoms. The standard InChI is InChI=1S/C16H24N2O2/c1-3-15(16(17)19)20-12-9-8-11-6-5-7-14(18-4-2)13(11)10-12/h8-10,14-15,18H,3-7H2,1-2H3,(H2,17,19). The van der Waals surface area contributed by atoms with Crippen LogP contribution in [0.4, 0.5) is 0 Å². The predicted octanol–water partition coefficient (Wildman–Crippen LogP) is 2.32. The normalized spacial score (nSPS) is 19.2. The number of nitrogens with two attached hydrogens (primary N) is 1. The molecule has 1 aromatic carbocycles. The van der Waals surface area contributed by atoms with Crippen molar-refractivity contribution in [2.24, 2.45) is 5.73 Å². The number of carbonyl (C=O) groups is 1. The van der Waals surface area contributed by atoms with Crippen molar-refractivity contribution >= 4 is 5.91 Å². The molecule has 4 nitrogen and oxygen atoms in total. The first-order valence-electron chi connectivity index (χ1n) is 7.47. The van der Waals surface area contributed by atoms with Crippen LogP contribution in [0, 0.1) is 0 Å². The van der Waals surface area contributed by atoms with Gasteiger partial charge >= 0.3 is 0 Å². The zero-order valence-corrected chi connectivity index (χ0v) is 12.3. The number of nitrogens with one attached hydrogen (secondary N) is 1. The van der Waals surface area contributed by atoms with E-state index in [4.69, 9.17) is 10.5 Å². The van der Waals surface area contributed by atoms with Gasteiger partial charge in [-0.1, -0.05) is 19.9 Å². The summed E-state index contributed by atoms with van der Waals surface area (Å²) in [4.78, 5) is 11.3. The average molecular weight is 276 g/mol. The Morgan fingerprint density at radius 3 is 2.95 bits per heavy atom. The molecule has 0 saturated heterocycles. The lowest BCUT2D eigenvalue weighted by Gasteiger charge is -2.27. The first kappa shape index (κ1) is 14.9. The van der Waals surface area contributed by atoms with E-state index in [9.17, 15) is 4.79 Å². The summed E-state index contributed by atoms with van der Waals surface area (Å²) in [6.45, 7) is 4.97. The van der Waals surface area contributed by atoms with Crippen molar-refractivity contribution < 1.29 is 9.53 Å². The van der Waals surface area contributed by atoms with Gasteiger partial charge in [-0.3, -0.25) is 4.79 Å².